The molecule has 7 nitrogen and oxygen atoms in total. The lowest BCUT2D eigenvalue weighted by molar-refractivity contribution is -0.120. The highest BCUT2D eigenvalue weighted by atomic mass is 19.1. The highest BCUT2D eigenvalue weighted by molar-refractivity contribution is 5.74. The van der Waals surface area contributed by atoms with E-state index in [1.54, 1.807) is 19.1 Å². The highest BCUT2D eigenvalue weighted by Crippen LogP contribution is 2.35. The molecule has 124 valence electrons. The fraction of sp³-hybridized carbons (Fsp3) is 0.375. The highest BCUT2D eigenvalue weighted by Gasteiger charge is 2.44. The minimum absolute atomic E-state index is 0.0135. The van der Waals surface area contributed by atoms with Gasteiger partial charge in [0.15, 0.2) is 5.82 Å². The lowest BCUT2D eigenvalue weighted by atomic mass is 9.97. The fourth-order valence-corrected chi connectivity index (χ4v) is 3.07. The number of nitriles is 1. The number of nitrogens with one attached hydrogen (secondary N) is 1. The molecule has 0 saturated carbocycles. The van der Waals surface area contributed by atoms with Gasteiger partial charge in [-0.15, -0.1) is 0 Å². The molecule has 0 bridgehead atoms. The summed E-state index contributed by atoms with van der Waals surface area (Å²) in [6.07, 6.45) is 0.521. The van der Waals surface area contributed by atoms with Gasteiger partial charge in [0.25, 0.3) is 0 Å². The molecule has 1 saturated heterocycles. The summed E-state index contributed by atoms with van der Waals surface area (Å²) in [5.41, 5.74) is -0.354. The van der Waals surface area contributed by atoms with Crippen LogP contribution < -0.4 is 10.2 Å². The Morgan fingerprint density at radius 2 is 2.33 bits per heavy atom. The molecule has 0 aliphatic carbocycles. The summed E-state index contributed by atoms with van der Waals surface area (Å²) in [4.78, 5) is 17.8. The Morgan fingerprint density at radius 3 is 2.96 bits per heavy atom. The summed E-state index contributed by atoms with van der Waals surface area (Å²) in [6.45, 7) is 3.93. The zero-order valence-corrected chi connectivity index (χ0v) is 13.3. The monoisotopic (exact) mass is 329 g/mol. The van der Waals surface area contributed by atoms with E-state index in [4.69, 9.17) is 4.52 Å². The molecule has 0 spiro atoms. The molecule has 1 aromatic carbocycles. The molecule has 1 N–H and O–H groups in total. The van der Waals surface area contributed by atoms with Crippen LogP contribution in [0, 0.1) is 24.1 Å². The molecule has 1 aliphatic heterocycles. The van der Waals surface area contributed by atoms with Gasteiger partial charge in [-0.2, -0.15) is 10.2 Å². The lowest BCUT2D eigenvalue weighted by Gasteiger charge is -2.27. The zero-order valence-electron chi connectivity index (χ0n) is 13.3. The molecule has 0 radical (unpaired) electrons. The van der Waals surface area contributed by atoms with Crippen molar-refractivity contribution < 1.29 is 13.7 Å². The molecule has 2 aromatic rings. The van der Waals surface area contributed by atoms with Gasteiger partial charge in [-0.3, -0.25) is 4.79 Å². The van der Waals surface area contributed by atoms with Crippen molar-refractivity contribution in [1.29, 1.82) is 5.26 Å². The van der Waals surface area contributed by atoms with E-state index < -0.39 is 11.4 Å². The van der Waals surface area contributed by atoms with E-state index in [0.717, 1.165) is 0 Å². The molecule has 24 heavy (non-hydrogen) atoms. The first kappa shape index (κ1) is 15.9. The van der Waals surface area contributed by atoms with Gasteiger partial charge >= 0.3 is 0 Å². The van der Waals surface area contributed by atoms with Gasteiger partial charge in [0.1, 0.15) is 23.0 Å². The minimum atomic E-state index is -0.831. The molecule has 1 amide bonds. The number of rotatable bonds is 3. The maximum atomic E-state index is 13.9. The summed E-state index contributed by atoms with van der Waals surface area (Å²) in [7, 11) is 0. The number of carbonyl (C=O) groups excluding carboxylic acids is 1. The van der Waals surface area contributed by atoms with Crippen molar-refractivity contribution in [3.05, 3.63) is 41.3 Å². The van der Waals surface area contributed by atoms with Gasteiger partial charge < -0.3 is 14.7 Å². The van der Waals surface area contributed by atoms with E-state index >= 15 is 0 Å². The first-order chi connectivity index (χ1) is 11.4. The van der Waals surface area contributed by atoms with Gasteiger partial charge in [-0.05, 0) is 18.6 Å². The van der Waals surface area contributed by atoms with Gasteiger partial charge in [0.2, 0.25) is 11.8 Å². The van der Waals surface area contributed by atoms with Crippen LogP contribution in [-0.4, -0.2) is 29.1 Å². The number of nitrogens with zero attached hydrogens (tertiary/aromatic N) is 4. The predicted octanol–water partition coefficient (Wildman–Crippen LogP) is 1.63. The second kappa shape index (κ2) is 5.92. The summed E-state index contributed by atoms with van der Waals surface area (Å²) in [5, 5.41) is 16.1. The molecule has 1 aromatic heterocycles. The Kier molecular flexibility index (Phi) is 3.93. The molecule has 1 atom stereocenters. The van der Waals surface area contributed by atoms with Crippen molar-refractivity contribution in [2.24, 2.45) is 0 Å². The predicted molar refractivity (Wildman–Crippen MR) is 82.5 cm³/mol. The molecule has 2 heterocycles. The number of hydrogen-bond acceptors (Lipinski definition) is 6. The number of benzene rings is 1. The van der Waals surface area contributed by atoms with Crippen LogP contribution >= 0.6 is 0 Å². The van der Waals surface area contributed by atoms with E-state index in [-0.39, 0.29) is 11.5 Å². The van der Waals surface area contributed by atoms with Crippen molar-refractivity contribution in [2.45, 2.75) is 25.8 Å². The number of aryl methyl sites for hydroxylation is 1. The average Bonchev–Trinajstić information content (AvgIpc) is 3.14. The Bertz CT molecular complexity index is 828. The summed E-state index contributed by atoms with van der Waals surface area (Å²) in [6, 6.07) is 6.40. The quantitative estimate of drug-likeness (QED) is 0.919. The van der Waals surface area contributed by atoms with Crippen molar-refractivity contribution in [3.8, 4) is 6.07 Å². The van der Waals surface area contributed by atoms with Crippen molar-refractivity contribution in [1.82, 2.24) is 15.5 Å². The van der Waals surface area contributed by atoms with Crippen molar-refractivity contribution >= 4 is 11.6 Å². The van der Waals surface area contributed by atoms with Gasteiger partial charge in [-0.1, -0.05) is 11.2 Å². The Balaban J connectivity index is 1.98. The zero-order chi connectivity index (χ0) is 17.3. The van der Waals surface area contributed by atoms with E-state index in [1.165, 1.54) is 13.0 Å². The topological polar surface area (TPSA) is 95.1 Å². The summed E-state index contributed by atoms with van der Waals surface area (Å²) in [5.74, 6) is -0.00857. The second-order valence-corrected chi connectivity index (χ2v) is 5.82. The third-order valence-electron chi connectivity index (χ3n) is 4.08. The van der Waals surface area contributed by atoms with Crippen molar-refractivity contribution in [3.63, 3.8) is 0 Å². The molecule has 8 heteroatoms. The summed E-state index contributed by atoms with van der Waals surface area (Å²) < 4.78 is 18.9. The van der Waals surface area contributed by atoms with E-state index in [2.05, 4.69) is 15.5 Å². The number of aromatic nitrogens is 2. The van der Waals surface area contributed by atoms with E-state index in [1.807, 2.05) is 11.0 Å². The molecule has 1 aliphatic rings. The normalized spacial score (nSPS) is 20.0. The average molecular weight is 329 g/mol. The van der Waals surface area contributed by atoms with Crippen LogP contribution in [0.15, 0.2) is 22.7 Å². The molecule has 3 rings (SSSR count). The molecular formula is C16H16FN5O2. The Morgan fingerprint density at radius 1 is 1.54 bits per heavy atom. The van der Waals surface area contributed by atoms with Crippen LogP contribution in [0.2, 0.25) is 0 Å². The van der Waals surface area contributed by atoms with Gasteiger partial charge in [-0.25, -0.2) is 4.39 Å². The minimum Gasteiger partial charge on any atom is -0.367 e. The van der Waals surface area contributed by atoms with Crippen LogP contribution in [0.4, 0.5) is 10.1 Å². The van der Waals surface area contributed by atoms with Crippen molar-refractivity contribution in [2.75, 3.05) is 18.0 Å². The molecule has 0 unspecified atom stereocenters. The second-order valence-electron chi connectivity index (χ2n) is 5.82. The Labute approximate surface area is 138 Å². The third kappa shape index (κ3) is 2.69. The third-order valence-corrected chi connectivity index (χ3v) is 4.08. The van der Waals surface area contributed by atoms with Gasteiger partial charge in [0.05, 0.1) is 5.69 Å². The lowest BCUT2D eigenvalue weighted by Crippen LogP contribution is -2.48. The number of halogens is 1. The fourth-order valence-electron chi connectivity index (χ4n) is 3.07. The molecule has 1 fully saturated rings. The standard InChI is InChI=1S/C16H16FN5O2/c1-10(23)20-16(15-19-11(2)24-21-15)6-7-22(9-16)14-5-3-4-13(17)12(14)8-18/h3-5H,6-7,9H2,1-2H3,(H,20,23)/t16-/m1/s1. The van der Waals surface area contributed by atoms with E-state index in [0.29, 0.717) is 36.9 Å². The maximum absolute atomic E-state index is 13.9. The number of hydrogen-bond donors (Lipinski definition) is 1. The smallest absolute Gasteiger partial charge is 0.223 e. The number of anilines is 1. The van der Waals surface area contributed by atoms with Crippen LogP contribution in [0.1, 0.15) is 30.6 Å². The van der Waals surface area contributed by atoms with Gasteiger partial charge in [0, 0.05) is 26.9 Å². The number of amides is 1. The largest absolute Gasteiger partial charge is 0.367 e. The maximum Gasteiger partial charge on any atom is 0.223 e. The van der Waals surface area contributed by atoms with Crippen LogP contribution in [0.3, 0.4) is 0 Å². The van der Waals surface area contributed by atoms with Crippen LogP contribution in [0.5, 0.6) is 0 Å². The summed E-state index contributed by atoms with van der Waals surface area (Å²) >= 11 is 0. The molecular weight excluding hydrogens is 313 g/mol. The first-order valence-electron chi connectivity index (χ1n) is 7.48. The van der Waals surface area contributed by atoms with Crippen LogP contribution in [-0.2, 0) is 10.3 Å². The SMILES string of the molecule is CC(=O)N[C@]1(c2noc(C)n2)CCN(c2cccc(F)c2C#N)C1. The van der Waals surface area contributed by atoms with Crippen LogP contribution in [0.25, 0.3) is 0 Å². The number of carbonyl (C=O) groups is 1. The van der Waals surface area contributed by atoms with E-state index in [9.17, 15) is 14.4 Å². The Hall–Kier alpha value is -2.95. The first-order valence-corrected chi connectivity index (χ1v) is 7.48.